The van der Waals surface area contributed by atoms with Crippen molar-refractivity contribution in [3.8, 4) is 11.5 Å². The average molecular weight is 380 g/mol. The van der Waals surface area contributed by atoms with Crippen LogP contribution in [-0.2, 0) is 4.79 Å². The molecule has 0 unspecified atom stereocenters. The number of hydrogen-bond acceptors (Lipinski definition) is 4. The molecular formula is C16H11BrFNO4. The quantitative estimate of drug-likeness (QED) is 0.828. The van der Waals surface area contributed by atoms with Gasteiger partial charge in [0.25, 0.3) is 5.91 Å². The highest BCUT2D eigenvalue weighted by molar-refractivity contribution is 9.10. The fourth-order valence-electron chi connectivity index (χ4n) is 2.08. The SMILES string of the molecule is O=C1COc2ccc(C(=O)COc3ccc(Br)cc3F)cc2N1. The van der Waals surface area contributed by atoms with Gasteiger partial charge < -0.3 is 14.8 Å². The van der Waals surface area contributed by atoms with Crippen molar-refractivity contribution in [3.63, 3.8) is 0 Å². The predicted molar refractivity (Wildman–Crippen MR) is 84.5 cm³/mol. The maximum Gasteiger partial charge on any atom is 0.262 e. The predicted octanol–water partition coefficient (Wildman–Crippen LogP) is 3.18. The molecule has 2 aromatic rings. The molecule has 2 aromatic carbocycles. The lowest BCUT2D eigenvalue weighted by molar-refractivity contribution is -0.118. The average Bonchev–Trinajstić information content (AvgIpc) is 2.53. The third-order valence-electron chi connectivity index (χ3n) is 3.19. The first-order valence-corrected chi connectivity index (χ1v) is 7.50. The number of amides is 1. The van der Waals surface area contributed by atoms with E-state index in [1.807, 2.05) is 0 Å². The van der Waals surface area contributed by atoms with Crippen LogP contribution in [-0.4, -0.2) is 24.9 Å². The van der Waals surface area contributed by atoms with E-state index in [1.165, 1.54) is 18.2 Å². The number of ether oxygens (including phenoxy) is 2. The van der Waals surface area contributed by atoms with Crippen molar-refractivity contribution in [1.29, 1.82) is 0 Å². The lowest BCUT2D eigenvalue weighted by atomic mass is 10.1. The Morgan fingerprint density at radius 2 is 2.13 bits per heavy atom. The fraction of sp³-hybridized carbons (Fsp3) is 0.125. The minimum Gasteiger partial charge on any atom is -0.482 e. The van der Waals surface area contributed by atoms with E-state index in [-0.39, 0.29) is 30.7 Å². The summed E-state index contributed by atoms with van der Waals surface area (Å²) in [4.78, 5) is 23.4. The van der Waals surface area contributed by atoms with Gasteiger partial charge in [-0.1, -0.05) is 15.9 Å². The first kappa shape index (κ1) is 15.5. The largest absolute Gasteiger partial charge is 0.482 e. The van der Waals surface area contributed by atoms with Crippen molar-refractivity contribution in [2.24, 2.45) is 0 Å². The molecular weight excluding hydrogens is 369 g/mol. The van der Waals surface area contributed by atoms with Gasteiger partial charge in [0.05, 0.1) is 5.69 Å². The third-order valence-corrected chi connectivity index (χ3v) is 3.68. The highest BCUT2D eigenvalue weighted by Gasteiger charge is 2.18. The van der Waals surface area contributed by atoms with Gasteiger partial charge >= 0.3 is 0 Å². The van der Waals surface area contributed by atoms with Crippen LogP contribution in [0, 0.1) is 5.82 Å². The number of anilines is 1. The van der Waals surface area contributed by atoms with Crippen molar-refractivity contribution in [2.75, 3.05) is 18.5 Å². The lowest BCUT2D eigenvalue weighted by Crippen LogP contribution is -2.25. The summed E-state index contributed by atoms with van der Waals surface area (Å²) in [6.45, 7) is -0.363. The highest BCUT2D eigenvalue weighted by Crippen LogP contribution is 2.28. The number of hydrogen-bond donors (Lipinski definition) is 1. The van der Waals surface area contributed by atoms with Crippen LogP contribution in [0.15, 0.2) is 40.9 Å². The maximum absolute atomic E-state index is 13.6. The van der Waals surface area contributed by atoms with Crippen molar-refractivity contribution in [3.05, 3.63) is 52.3 Å². The van der Waals surface area contributed by atoms with Crippen LogP contribution in [0.1, 0.15) is 10.4 Å². The zero-order chi connectivity index (χ0) is 16.4. The summed E-state index contributed by atoms with van der Waals surface area (Å²) in [6.07, 6.45) is 0. The molecule has 3 rings (SSSR count). The summed E-state index contributed by atoms with van der Waals surface area (Å²) >= 11 is 3.14. The van der Waals surface area contributed by atoms with Gasteiger partial charge in [0, 0.05) is 10.0 Å². The van der Waals surface area contributed by atoms with E-state index >= 15 is 0 Å². The van der Waals surface area contributed by atoms with Crippen LogP contribution in [0.3, 0.4) is 0 Å². The topological polar surface area (TPSA) is 64.6 Å². The molecule has 23 heavy (non-hydrogen) atoms. The summed E-state index contributed by atoms with van der Waals surface area (Å²) in [5.74, 6) is -0.680. The maximum atomic E-state index is 13.6. The highest BCUT2D eigenvalue weighted by atomic mass is 79.9. The molecule has 1 aliphatic rings. The minimum absolute atomic E-state index is 0.00357. The molecule has 0 bridgehead atoms. The number of rotatable bonds is 4. The Kier molecular flexibility index (Phi) is 4.29. The standard InChI is InChI=1S/C16H11BrFNO4/c17-10-2-4-14(11(18)6-10)22-7-13(20)9-1-3-15-12(5-9)19-16(21)8-23-15/h1-6H,7-8H2,(H,19,21). The molecule has 0 aromatic heterocycles. The van der Waals surface area contributed by atoms with Crippen LogP contribution < -0.4 is 14.8 Å². The number of carbonyl (C=O) groups is 2. The normalized spacial score (nSPS) is 12.9. The van der Waals surface area contributed by atoms with Gasteiger partial charge in [-0.15, -0.1) is 0 Å². The molecule has 0 radical (unpaired) electrons. The van der Waals surface area contributed by atoms with Crippen molar-refractivity contribution >= 4 is 33.3 Å². The van der Waals surface area contributed by atoms with Crippen LogP contribution >= 0.6 is 15.9 Å². The Hall–Kier alpha value is -2.41. The number of ketones is 1. The monoisotopic (exact) mass is 379 g/mol. The van der Waals surface area contributed by atoms with Crippen LogP contribution in [0.2, 0.25) is 0 Å². The van der Waals surface area contributed by atoms with Gasteiger partial charge in [-0.05, 0) is 36.4 Å². The fourth-order valence-corrected chi connectivity index (χ4v) is 2.41. The number of halogens is 2. The lowest BCUT2D eigenvalue weighted by Gasteiger charge is -2.18. The molecule has 5 nitrogen and oxygen atoms in total. The number of Topliss-reactive ketones (excluding diaryl/α,β-unsaturated/α-hetero) is 1. The molecule has 0 aliphatic carbocycles. The molecule has 0 saturated carbocycles. The number of carbonyl (C=O) groups excluding carboxylic acids is 2. The third kappa shape index (κ3) is 3.50. The van der Waals surface area contributed by atoms with E-state index in [9.17, 15) is 14.0 Å². The molecule has 0 spiro atoms. The Labute approximate surface area is 139 Å². The first-order chi connectivity index (χ1) is 11.0. The smallest absolute Gasteiger partial charge is 0.262 e. The van der Waals surface area contributed by atoms with Gasteiger partial charge in [-0.3, -0.25) is 9.59 Å². The van der Waals surface area contributed by atoms with Crippen molar-refractivity contribution in [2.45, 2.75) is 0 Å². The second kappa shape index (κ2) is 6.37. The Morgan fingerprint density at radius 1 is 1.30 bits per heavy atom. The summed E-state index contributed by atoms with van der Waals surface area (Å²) in [6, 6.07) is 8.99. The summed E-state index contributed by atoms with van der Waals surface area (Å²) in [5, 5.41) is 2.62. The van der Waals surface area contributed by atoms with Gasteiger partial charge in [-0.2, -0.15) is 0 Å². The molecule has 0 fully saturated rings. The van der Waals surface area contributed by atoms with Gasteiger partial charge in [-0.25, -0.2) is 4.39 Å². The molecule has 118 valence electrons. The second-order valence-corrected chi connectivity index (χ2v) is 5.75. The number of nitrogens with one attached hydrogen (secondary N) is 1. The van der Waals surface area contributed by atoms with Gasteiger partial charge in [0.1, 0.15) is 5.75 Å². The minimum atomic E-state index is -0.557. The Bertz CT molecular complexity index is 794. The molecule has 0 saturated heterocycles. The van der Waals surface area contributed by atoms with Crippen molar-refractivity contribution in [1.82, 2.24) is 0 Å². The van der Waals surface area contributed by atoms with Crippen molar-refractivity contribution < 1.29 is 23.5 Å². The number of fused-ring (bicyclic) bond motifs is 1. The van der Waals surface area contributed by atoms with E-state index in [2.05, 4.69) is 21.2 Å². The Morgan fingerprint density at radius 3 is 2.91 bits per heavy atom. The summed E-state index contributed by atoms with van der Waals surface area (Å²) < 4.78 is 24.7. The van der Waals surface area contributed by atoms with Crippen LogP contribution in [0.4, 0.5) is 10.1 Å². The van der Waals surface area contributed by atoms with Gasteiger partial charge in [0.15, 0.2) is 30.6 Å². The van der Waals surface area contributed by atoms with E-state index < -0.39 is 5.82 Å². The van der Waals surface area contributed by atoms with E-state index in [4.69, 9.17) is 9.47 Å². The first-order valence-electron chi connectivity index (χ1n) is 6.70. The van der Waals surface area contributed by atoms with Crippen LogP contribution in [0.5, 0.6) is 11.5 Å². The summed E-state index contributed by atoms with van der Waals surface area (Å²) in [7, 11) is 0. The number of benzene rings is 2. The molecule has 1 heterocycles. The Balaban J connectivity index is 1.71. The van der Waals surface area contributed by atoms with E-state index in [0.717, 1.165) is 0 Å². The van der Waals surface area contributed by atoms with E-state index in [0.29, 0.717) is 21.5 Å². The zero-order valence-electron chi connectivity index (χ0n) is 11.8. The molecule has 0 atom stereocenters. The van der Waals surface area contributed by atoms with E-state index in [1.54, 1.807) is 18.2 Å². The van der Waals surface area contributed by atoms with Gasteiger partial charge in [0.2, 0.25) is 0 Å². The van der Waals surface area contributed by atoms with Crippen LogP contribution in [0.25, 0.3) is 0 Å². The molecule has 1 amide bonds. The summed E-state index contributed by atoms with van der Waals surface area (Å²) in [5.41, 5.74) is 0.772. The molecule has 7 heteroatoms. The molecule has 1 N–H and O–H groups in total. The zero-order valence-corrected chi connectivity index (χ0v) is 13.4. The second-order valence-electron chi connectivity index (χ2n) is 4.83. The molecule has 1 aliphatic heterocycles.